The van der Waals surface area contributed by atoms with Crippen molar-refractivity contribution >= 4 is 40.4 Å². The molecule has 0 radical (unpaired) electrons. The highest BCUT2D eigenvalue weighted by Gasteiger charge is 2.13. The van der Waals surface area contributed by atoms with Gasteiger partial charge in [0.2, 0.25) is 5.91 Å². The highest BCUT2D eigenvalue weighted by atomic mass is 35.5. The summed E-state index contributed by atoms with van der Waals surface area (Å²) in [5.41, 5.74) is 2.17. The van der Waals surface area contributed by atoms with Crippen LogP contribution in [0.4, 0.5) is 0 Å². The van der Waals surface area contributed by atoms with Crippen LogP contribution in [-0.4, -0.2) is 36.6 Å². The molecule has 0 bridgehead atoms. The number of carbonyl (C=O) groups is 1. The molecular weight excluding hydrogens is 348 g/mol. The average Bonchev–Trinajstić information content (AvgIpc) is 3.03. The van der Waals surface area contributed by atoms with Gasteiger partial charge in [-0.25, -0.2) is 14.6 Å². The molecule has 124 valence electrons. The number of halogens is 1. The van der Waals surface area contributed by atoms with E-state index in [2.05, 4.69) is 25.6 Å². The molecule has 0 aliphatic heterocycles. The molecule has 7 nitrogen and oxygen atoms in total. The number of rotatable bonds is 6. The molecule has 0 atom stereocenters. The molecule has 2 heterocycles. The lowest BCUT2D eigenvalue weighted by Gasteiger charge is -2.06. The molecule has 2 aromatic heterocycles. The Kier molecular flexibility index (Phi) is 5.27. The third-order valence-corrected chi connectivity index (χ3v) is 4.69. The smallest absolute Gasteiger partial charge is 0.230 e. The molecule has 0 saturated heterocycles. The van der Waals surface area contributed by atoms with E-state index in [4.69, 9.17) is 11.6 Å². The van der Waals surface area contributed by atoms with E-state index in [0.29, 0.717) is 34.3 Å². The topological polar surface area (TPSA) is 85.6 Å². The summed E-state index contributed by atoms with van der Waals surface area (Å²) >= 11 is 7.38. The third kappa shape index (κ3) is 3.65. The van der Waals surface area contributed by atoms with E-state index >= 15 is 0 Å². The molecule has 0 spiro atoms. The first-order chi connectivity index (χ1) is 11.7. The second-order valence-electron chi connectivity index (χ2n) is 4.91. The van der Waals surface area contributed by atoms with Crippen LogP contribution in [0.1, 0.15) is 12.5 Å². The van der Waals surface area contributed by atoms with Gasteiger partial charge in [0.25, 0.3) is 0 Å². The predicted octanol–water partition coefficient (Wildman–Crippen LogP) is 2.30. The van der Waals surface area contributed by atoms with Crippen LogP contribution in [0.25, 0.3) is 11.2 Å². The summed E-state index contributed by atoms with van der Waals surface area (Å²) in [5.74, 6) is 0.129. The van der Waals surface area contributed by atoms with Crippen LogP contribution in [0.2, 0.25) is 5.02 Å². The average molecular weight is 363 g/mol. The Balaban J connectivity index is 1.60. The maximum absolute atomic E-state index is 12.0. The van der Waals surface area contributed by atoms with E-state index in [1.807, 2.05) is 25.1 Å². The first-order valence-electron chi connectivity index (χ1n) is 7.36. The Labute approximate surface area is 147 Å². The molecule has 3 rings (SSSR count). The lowest BCUT2D eigenvalue weighted by atomic mass is 10.2. The summed E-state index contributed by atoms with van der Waals surface area (Å²) in [6.45, 7) is 3.03. The van der Waals surface area contributed by atoms with Crippen LogP contribution >= 0.6 is 23.4 Å². The standard InChI is InChI=1S/C15H15ClN6OS/c1-2-22-14-13(20-21-22)15(19-9-18-14)24-8-12(23)17-7-10-5-3-4-6-11(10)16/h3-6,9H,2,7-8H2,1H3,(H,17,23). The Hall–Kier alpha value is -2.19. The Morgan fingerprint density at radius 1 is 1.33 bits per heavy atom. The van der Waals surface area contributed by atoms with Gasteiger partial charge in [-0.1, -0.05) is 46.8 Å². The van der Waals surface area contributed by atoms with Crippen LogP contribution in [-0.2, 0) is 17.9 Å². The lowest BCUT2D eigenvalue weighted by Crippen LogP contribution is -2.24. The fourth-order valence-corrected chi connectivity index (χ4v) is 3.07. The van der Waals surface area contributed by atoms with Crippen molar-refractivity contribution in [2.75, 3.05) is 5.75 Å². The molecule has 3 aromatic rings. The maximum atomic E-state index is 12.0. The SMILES string of the molecule is CCn1nnc2c(SCC(=O)NCc3ccccc3Cl)ncnc21. The van der Waals surface area contributed by atoms with Gasteiger partial charge in [0, 0.05) is 18.1 Å². The van der Waals surface area contributed by atoms with Gasteiger partial charge < -0.3 is 5.32 Å². The number of fused-ring (bicyclic) bond motifs is 1. The van der Waals surface area contributed by atoms with Crippen LogP contribution in [0.15, 0.2) is 35.6 Å². The fourth-order valence-electron chi connectivity index (χ4n) is 2.11. The highest BCUT2D eigenvalue weighted by molar-refractivity contribution is 8.00. The van der Waals surface area contributed by atoms with Gasteiger partial charge in [-0.3, -0.25) is 4.79 Å². The fraction of sp³-hybridized carbons (Fsp3) is 0.267. The number of hydrogen-bond donors (Lipinski definition) is 1. The van der Waals surface area contributed by atoms with E-state index in [1.165, 1.54) is 18.1 Å². The van der Waals surface area contributed by atoms with E-state index in [1.54, 1.807) is 10.7 Å². The molecular formula is C15H15ClN6OS. The normalized spacial score (nSPS) is 10.9. The summed E-state index contributed by atoms with van der Waals surface area (Å²) < 4.78 is 1.69. The van der Waals surface area contributed by atoms with Gasteiger partial charge in [0.05, 0.1) is 5.75 Å². The van der Waals surface area contributed by atoms with Crippen molar-refractivity contribution < 1.29 is 4.79 Å². The Bertz CT molecular complexity index is 868. The first kappa shape index (κ1) is 16.7. The van der Waals surface area contributed by atoms with Crippen molar-refractivity contribution in [1.82, 2.24) is 30.3 Å². The van der Waals surface area contributed by atoms with Gasteiger partial charge in [-0.15, -0.1) is 5.10 Å². The lowest BCUT2D eigenvalue weighted by molar-refractivity contribution is -0.118. The molecule has 0 aliphatic rings. The summed E-state index contributed by atoms with van der Waals surface area (Å²) in [6.07, 6.45) is 1.46. The van der Waals surface area contributed by atoms with Crippen LogP contribution in [0, 0.1) is 0 Å². The van der Waals surface area contributed by atoms with E-state index in [0.717, 1.165) is 5.56 Å². The second-order valence-corrected chi connectivity index (χ2v) is 6.28. The minimum absolute atomic E-state index is 0.102. The maximum Gasteiger partial charge on any atom is 0.230 e. The van der Waals surface area contributed by atoms with Crippen molar-refractivity contribution in [1.29, 1.82) is 0 Å². The monoisotopic (exact) mass is 362 g/mol. The quantitative estimate of drug-likeness (QED) is 0.535. The highest BCUT2D eigenvalue weighted by Crippen LogP contribution is 2.22. The molecule has 24 heavy (non-hydrogen) atoms. The number of amides is 1. The molecule has 1 N–H and O–H groups in total. The molecule has 9 heteroatoms. The van der Waals surface area contributed by atoms with Gasteiger partial charge >= 0.3 is 0 Å². The van der Waals surface area contributed by atoms with Crippen LogP contribution in [0.3, 0.4) is 0 Å². The molecule has 1 amide bonds. The zero-order valence-corrected chi connectivity index (χ0v) is 14.5. The molecule has 1 aromatic carbocycles. The number of nitrogens with zero attached hydrogens (tertiary/aromatic N) is 5. The molecule has 0 fully saturated rings. The van der Waals surface area contributed by atoms with Crippen molar-refractivity contribution in [3.63, 3.8) is 0 Å². The predicted molar refractivity (Wildman–Crippen MR) is 92.8 cm³/mol. The van der Waals surface area contributed by atoms with Gasteiger partial charge in [0.1, 0.15) is 11.4 Å². The number of carbonyl (C=O) groups excluding carboxylic acids is 1. The van der Waals surface area contributed by atoms with Crippen molar-refractivity contribution in [2.24, 2.45) is 0 Å². The van der Waals surface area contributed by atoms with E-state index < -0.39 is 0 Å². The summed E-state index contributed by atoms with van der Waals surface area (Å²) in [5, 5.41) is 12.2. The zero-order valence-electron chi connectivity index (χ0n) is 12.9. The largest absolute Gasteiger partial charge is 0.351 e. The molecule has 0 unspecified atom stereocenters. The van der Waals surface area contributed by atoms with Crippen molar-refractivity contribution in [3.8, 4) is 0 Å². The van der Waals surface area contributed by atoms with E-state index in [-0.39, 0.29) is 11.7 Å². The number of nitrogens with one attached hydrogen (secondary N) is 1. The van der Waals surface area contributed by atoms with Crippen molar-refractivity contribution in [2.45, 2.75) is 25.0 Å². The summed E-state index contributed by atoms with van der Waals surface area (Å²) in [4.78, 5) is 20.4. The Morgan fingerprint density at radius 3 is 2.96 bits per heavy atom. The minimum atomic E-state index is -0.102. The van der Waals surface area contributed by atoms with Gasteiger partial charge in [0.15, 0.2) is 11.2 Å². The molecule has 0 saturated carbocycles. The van der Waals surface area contributed by atoms with Gasteiger partial charge in [-0.2, -0.15) is 0 Å². The number of aryl methyl sites for hydroxylation is 1. The van der Waals surface area contributed by atoms with E-state index in [9.17, 15) is 4.79 Å². The molecule has 0 aliphatic carbocycles. The van der Waals surface area contributed by atoms with Crippen LogP contribution in [0.5, 0.6) is 0 Å². The zero-order chi connectivity index (χ0) is 16.9. The number of aromatic nitrogens is 5. The summed E-state index contributed by atoms with van der Waals surface area (Å²) in [7, 11) is 0. The summed E-state index contributed by atoms with van der Waals surface area (Å²) in [6, 6.07) is 7.42. The minimum Gasteiger partial charge on any atom is -0.351 e. The van der Waals surface area contributed by atoms with Gasteiger partial charge in [-0.05, 0) is 18.6 Å². The number of benzene rings is 1. The van der Waals surface area contributed by atoms with Crippen LogP contribution < -0.4 is 5.32 Å². The third-order valence-electron chi connectivity index (χ3n) is 3.34. The second kappa shape index (κ2) is 7.59. The Morgan fingerprint density at radius 2 is 2.17 bits per heavy atom. The number of hydrogen-bond acceptors (Lipinski definition) is 6. The number of thioether (sulfide) groups is 1. The first-order valence-corrected chi connectivity index (χ1v) is 8.72. The van der Waals surface area contributed by atoms with Crippen molar-refractivity contribution in [3.05, 3.63) is 41.2 Å².